The fourth-order valence-electron chi connectivity index (χ4n) is 3.27. The maximum Gasteiger partial charge on any atom is 0.194 e. The van der Waals surface area contributed by atoms with Gasteiger partial charge in [0, 0.05) is 45.0 Å². The highest BCUT2D eigenvalue weighted by atomic mass is 127. The van der Waals surface area contributed by atoms with Crippen molar-refractivity contribution in [1.29, 1.82) is 0 Å². The number of guanidine groups is 1. The lowest BCUT2D eigenvalue weighted by molar-refractivity contribution is -0.00810. The molecule has 2 heterocycles. The predicted octanol–water partition coefficient (Wildman–Crippen LogP) is 1.96. The Morgan fingerprint density at radius 1 is 1.46 bits per heavy atom. The first-order valence-electron chi connectivity index (χ1n) is 9.09. The lowest BCUT2D eigenvalue weighted by Gasteiger charge is -2.35. The van der Waals surface area contributed by atoms with Crippen molar-refractivity contribution < 1.29 is 4.74 Å². The predicted molar refractivity (Wildman–Crippen MR) is 117 cm³/mol. The highest BCUT2D eigenvalue weighted by molar-refractivity contribution is 14.0. The molecule has 1 unspecified atom stereocenters. The van der Waals surface area contributed by atoms with Crippen LogP contribution in [0.3, 0.4) is 0 Å². The number of hydrogen-bond donors (Lipinski definition) is 1. The van der Waals surface area contributed by atoms with Crippen molar-refractivity contribution in [2.45, 2.75) is 26.9 Å². The Bertz CT molecular complexity index is 572. The van der Waals surface area contributed by atoms with E-state index < -0.39 is 0 Å². The lowest BCUT2D eigenvalue weighted by Crippen LogP contribution is -2.48. The molecule has 1 aliphatic rings. The molecular weight excluding hydrogens is 443 g/mol. The summed E-state index contributed by atoms with van der Waals surface area (Å²) >= 11 is 0. The monoisotopic (exact) mass is 478 g/mol. The van der Waals surface area contributed by atoms with E-state index in [0.717, 1.165) is 44.2 Å². The van der Waals surface area contributed by atoms with Crippen LogP contribution in [0.5, 0.6) is 0 Å². The van der Waals surface area contributed by atoms with Crippen LogP contribution in [0, 0.1) is 5.41 Å². The van der Waals surface area contributed by atoms with Crippen LogP contribution in [0.2, 0.25) is 0 Å². The third-order valence-corrected chi connectivity index (χ3v) is 4.20. The Morgan fingerprint density at radius 2 is 2.19 bits per heavy atom. The van der Waals surface area contributed by atoms with Gasteiger partial charge in [0.2, 0.25) is 0 Å². The minimum absolute atomic E-state index is 0. The minimum atomic E-state index is 0. The van der Waals surface area contributed by atoms with Gasteiger partial charge in [-0.25, -0.2) is 0 Å². The van der Waals surface area contributed by atoms with Gasteiger partial charge in [-0.2, -0.15) is 5.10 Å². The van der Waals surface area contributed by atoms with Gasteiger partial charge in [-0.15, -0.1) is 24.0 Å². The summed E-state index contributed by atoms with van der Waals surface area (Å²) in [7, 11) is 6.15. The van der Waals surface area contributed by atoms with Crippen LogP contribution in [-0.4, -0.2) is 79.0 Å². The molecule has 0 amide bonds. The first kappa shape index (κ1) is 23.2. The summed E-state index contributed by atoms with van der Waals surface area (Å²) in [5.41, 5.74) is 1.26. The standard InChI is InChI=1S/C18H34N6O.HI/c1-7-19-17(20-13-18(2,3)14-22(4)5)24-8-9-25-16(12-24)15-10-21-23(6)11-15;/h10-11,16H,7-9,12-14H2,1-6H3,(H,19,20);1H. The molecule has 1 atom stereocenters. The molecule has 1 fully saturated rings. The third kappa shape index (κ3) is 7.03. The molecule has 0 saturated carbocycles. The van der Waals surface area contributed by atoms with Gasteiger partial charge in [-0.1, -0.05) is 13.8 Å². The Balaban J connectivity index is 0.00000338. The Kier molecular flexibility index (Phi) is 9.32. The van der Waals surface area contributed by atoms with Crippen molar-refractivity contribution >= 4 is 29.9 Å². The largest absolute Gasteiger partial charge is 0.370 e. The number of morpholine rings is 1. The number of aryl methyl sites for hydroxylation is 1. The molecule has 1 N–H and O–H groups in total. The van der Waals surface area contributed by atoms with Gasteiger partial charge < -0.3 is 19.9 Å². The lowest BCUT2D eigenvalue weighted by atomic mass is 9.93. The van der Waals surface area contributed by atoms with Crippen molar-refractivity contribution in [1.82, 2.24) is 24.9 Å². The number of aliphatic imine (C=N–C) groups is 1. The second-order valence-electron chi connectivity index (χ2n) is 7.82. The molecule has 0 spiro atoms. The summed E-state index contributed by atoms with van der Waals surface area (Å²) in [4.78, 5) is 9.44. The minimum Gasteiger partial charge on any atom is -0.370 e. The molecule has 1 aromatic heterocycles. The molecule has 7 nitrogen and oxygen atoms in total. The van der Waals surface area contributed by atoms with Crippen LogP contribution in [0.4, 0.5) is 0 Å². The van der Waals surface area contributed by atoms with E-state index in [-0.39, 0.29) is 35.5 Å². The summed E-state index contributed by atoms with van der Waals surface area (Å²) in [5.74, 6) is 0.978. The molecule has 1 saturated heterocycles. The van der Waals surface area contributed by atoms with Crippen LogP contribution in [0.15, 0.2) is 17.4 Å². The van der Waals surface area contributed by atoms with Crippen molar-refractivity contribution in [3.05, 3.63) is 18.0 Å². The summed E-state index contributed by atoms with van der Waals surface area (Å²) in [6.45, 7) is 11.7. The first-order valence-corrected chi connectivity index (χ1v) is 9.09. The van der Waals surface area contributed by atoms with Gasteiger partial charge in [0.15, 0.2) is 5.96 Å². The van der Waals surface area contributed by atoms with Crippen LogP contribution in [0.25, 0.3) is 0 Å². The van der Waals surface area contributed by atoms with E-state index in [2.05, 4.69) is 55.1 Å². The van der Waals surface area contributed by atoms with E-state index in [9.17, 15) is 0 Å². The molecule has 0 aliphatic carbocycles. The molecule has 26 heavy (non-hydrogen) atoms. The number of rotatable bonds is 6. The van der Waals surface area contributed by atoms with E-state index in [0.29, 0.717) is 6.61 Å². The smallest absolute Gasteiger partial charge is 0.194 e. The van der Waals surface area contributed by atoms with Crippen LogP contribution >= 0.6 is 24.0 Å². The fraction of sp³-hybridized carbons (Fsp3) is 0.778. The maximum atomic E-state index is 5.95. The molecule has 1 aliphatic heterocycles. The second kappa shape index (κ2) is 10.5. The molecular formula is C18H35IN6O. The van der Waals surface area contributed by atoms with Crippen LogP contribution in [0.1, 0.15) is 32.4 Å². The van der Waals surface area contributed by atoms with E-state index >= 15 is 0 Å². The highest BCUT2D eigenvalue weighted by Gasteiger charge is 2.26. The molecule has 0 bridgehead atoms. The van der Waals surface area contributed by atoms with Gasteiger partial charge >= 0.3 is 0 Å². The Labute approximate surface area is 175 Å². The van der Waals surface area contributed by atoms with Crippen molar-refractivity contribution in [2.75, 3.05) is 53.4 Å². The van der Waals surface area contributed by atoms with E-state index in [1.807, 2.05) is 24.1 Å². The average molecular weight is 478 g/mol. The quantitative estimate of drug-likeness (QED) is 0.385. The van der Waals surface area contributed by atoms with Crippen LogP contribution in [-0.2, 0) is 11.8 Å². The fourth-order valence-corrected chi connectivity index (χ4v) is 3.27. The topological polar surface area (TPSA) is 57.9 Å². The molecule has 2 rings (SSSR count). The Morgan fingerprint density at radius 3 is 2.77 bits per heavy atom. The number of nitrogens with zero attached hydrogens (tertiary/aromatic N) is 5. The number of ether oxygens (including phenoxy) is 1. The van der Waals surface area contributed by atoms with Crippen molar-refractivity contribution in [3.8, 4) is 0 Å². The van der Waals surface area contributed by atoms with Gasteiger partial charge in [-0.3, -0.25) is 9.67 Å². The maximum absolute atomic E-state index is 5.95. The average Bonchev–Trinajstić information content (AvgIpc) is 2.97. The Hall–Kier alpha value is -0.870. The van der Waals surface area contributed by atoms with Gasteiger partial charge in [0.25, 0.3) is 0 Å². The van der Waals surface area contributed by atoms with Gasteiger partial charge in [-0.05, 0) is 26.4 Å². The van der Waals surface area contributed by atoms with E-state index in [4.69, 9.17) is 9.73 Å². The van der Waals surface area contributed by atoms with Gasteiger partial charge in [0.1, 0.15) is 6.10 Å². The molecule has 0 aromatic carbocycles. The van der Waals surface area contributed by atoms with E-state index in [1.165, 1.54) is 0 Å². The second-order valence-corrected chi connectivity index (χ2v) is 7.82. The number of aromatic nitrogens is 2. The number of halogens is 1. The number of hydrogen-bond acceptors (Lipinski definition) is 4. The van der Waals surface area contributed by atoms with E-state index in [1.54, 1.807) is 0 Å². The highest BCUT2D eigenvalue weighted by Crippen LogP contribution is 2.22. The molecule has 150 valence electrons. The molecule has 1 aromatic rings. The van der Waals surface area contributed by atoms with Crippen LogP contribution < -0.4 is 5.32 Å². The molecule has 8 heteroatoms. The zero-order chi connectivity index (χ0) is 18.4. The van der Waals surface area contributed by atoms with Crippen molar-refractivity contribution in [2.24, 2.45) is 17.5 Å². The van der Waals surface area contributed by atoms with Gasteiger partial charge in [0.05, 0.1) is 19.3 Å². The normalized spacial score (nSPS) is 18.8. The zero-order valence-corrected chi connectivity index (χ0v) is 19.4. The summed E-state index contributed by atoms with van der Waals surface area (Å²) in [6, 6.07) is 0. The summed E-state index contributed by atoms with van der Waals surface area (Å²) in [5, 5.41) is 7.70. The van der Waals surface area contributed by atoms with Crippen molar-refractivity contribution in [3.63, 3.8) is 0 Å². The SMILES string of the molecule is CCNC(=NCC(C)(C)CN(C)C)N1CCOC(c2cnn(C)c2)C1.I. The number of nitrogens with one attached hydrogen (secondary N) is 1. The summed E-state index contributed by atoms with van der Waals surface area (Å²) < 4.78 is 7.77. The first-order chi connectivity index (χ1) is 11.8. The summed E-state index contributed by atoms with van der Waals surface area (Å²) in [6.07, 6.45) is 3.96. The third-order valence-electron chi connectivity index (χ3n) is 4.20. The molecule has 0 radical (unpaired) electrons. The zero-order valence-electron chi connectivity index (χ0n) is 17.0.